The van der Waals surface area contributed by atoms with E-state index >= 15 is 0 Å². The van der Waals surface area contributed by atoms with Gasteiger partial charge in [0.25, 0.3) is 5.91 Å². The first-order valence-corrected chi connectivity index (χ1v) is 6.34. The summed E-state index contributed by atoms with van der Waals surface area (Å²) in [5.41, 5.74) is 0.147. The summed E-state index contributed by atoms with van der Waals surface area (Å²) in [5.74, 6) is -1.57. The van der Waals surface area contributed by atoms with Crippen LogP contribution in [0.25, 0.3) is 0 Å². The number of benzene rings is 1. The number of hydrogen-bond acceptors (Lipinski definition) is 5. The van der Waals surface area contributed by atoms with Crippen LogP contribution < -0.4 is 5.32 Å². The lowest BCUT2D eigenvalue weighted by Crippen LogP contribution is -2.36. The second-order valence-electron chi connectivity index (χ2n) is 3.47. The van der Waals surface area contributed by atoms with E-state index in [0.29, 0.717) is 0 Å². The molecule has 7 heteroatoms. The second kappa shape index (κ2) is 3.85. The first-order chi connectivity index (χ1) is 7.95. The van der Waals surface area contributed by atoms with Crippen LogP contribution in [0.15, 0.2) is 23.1 Å². The van der Waals surface area contributed by atoms with Crippen molar-refractivity contribution in [1.82, 2.24) is 5.32 Å². The number of sulfone groups is 1. The number of ether oxygens (including phenoxy) is 1. The molecule has 90 valence electrons. The standard InChI is InChI=1S/C10H9NO5S/c1-16-10(13)6-2-3-7-8(4-6)17(14,15)5-11-9(7)12/h2-4H,5H2,1H3,(H,11,12). The minimum atomic E-state index is -3.58. The Bertz CT molecular complexity index is 605. The van der Waals surface area contributed by atoms with Gasteiger partial charge in [-0.15, -0.1) is 0 Å². The van der Waals surface area contributed by atoms with E-state index in [1.54, 1.807) is 0 Å². The van der Waals surface area contributed by atoms with Crippen molar-refractivity contribution < 1.29 is 22.7 Å². The van der Waals surface area contributed by atoms with Crippen molar-refractivity contribution >= 4 is 21.7 Å². The Kier molecular flexibility index (Phi) is 2.62. The predicted molar refractivity (Wildman–Crippen MR) is 57.3 cm³/mol. The molecule has 0 radical (unpaired) electrons. The summed E-state index contributed by atoms with van der Waals surface area (Å²) in [6.45, 7) is 0. The maximum atomic E-state index is 11.7. The molecule has 0 unspecified atom stereocenters. The molecule has 0 saturated carbocycles. The lowest BCUT2D eigenvalue weighted by molar-refractivity contribution is 0.0600. The molecule has 0 fully saturated rings. The van der Waals surface area contributed by atoms with Crippen LogP contribution in [0.5, 0.6) is 0 Å². The van der Waals surface area contributed by atoms with Gasteiger partial charge in [0.1, 0.15) is 5.88 Å². The third-order valence-corrected chi connectivity index (χ3v) is 3.94. The molecule has 0 aromatic heterocycles. The SMILES string of the molecule is COC(=O)c1ccc2c(c1)S(=O)(=O)CNC2=O. The molecular weight excluding hydrogens is 246 g/mol. The Labute approximate surface area is 97.5 Å². The van der Waals surface area contributed by atoms with E-state index < -0.39 is 27.6 Å². The molecule has 0 bridgehead atoms. The average Bonchev–Trinajstić information content (AvgIpc) is 2.33. The number of esters is 1. The molecule has 0 aliphatic carbocycles. The van der Waals surface area contributed by atoms with Crippen LogP contribution in [-0.4, -0.2) is 33.3 Å². The van der Waals surface area contributed by atoms with Gasteiger partial charge in [0, 0.05) is 0 Å². The molecule has 1 aromatic carbocycles. The molecule has 1 aliphatic heterocycles. The number of nitrogens with one attached hydrogen (secondary N) is 1. The maximum absolute atomic E-state index is 11.7. The third kappa shape index (κ3) is 1.89. The minimum absolute atomic E-state index is 0.0453. The van der Waals surface area contributed by atoms with E-state index in [1.807, 2.05) is 0 Å². The zero-order valence-electron chi connectivity index (χ0n) is 8.89. The number of amides is 1. The van der Waals surface area contributed by atoms with Gasteiger partial charge in [0.05, 0.1) is 23.1 Å². The number of hydrogen-bond donors (Lipinski definition) is 1. The van der Waals surface area contributed by atoms with Crippen LogP contribution in [-0.2, 0) is 14.6 Å². The van der Waals surface area contributed by atoms with Crippen molar-refractivity contribution in [2.24, 2.45) is 0 Å². The summed E-state index contributed by atoms with van der Waals surface area (Å²) in [5, 5.41) is 2.25. The van der Waals surface area contributed by atoms with E-state index in [2.05, 4.69) is 10.1 Å². The molecule has 2 rings (SSSR count). The molecule has 0 spiro atoms. The second-order valence-corrected chi connectivity index (χ2v) is 5.43. The highest BCUT2D eigenvalue weighted by Gasteiger charge is 2.29. The lowest BCUT2D eigenvalue weighted by Gasteiger charge is -2.17. The Hall–Kier alpha value is -1.89. The van der Waals surface area contributed by atoms with E-state index in [1.165, 1.54) is 19.2 Å². The highest BCUT2D eigenvalue weighted by atomic mass is 32.2. The third-order valence-electron chi connectivity index (χ3n) is 2.41. The molecule has 17 heavy (non-hydrogen) atoms. The summed E-state index contributed by atoms with van der Waals surface area (Å²) in [6, 6.07) is 3.81. The number of fused-ring (bicyclic) bond motifs is 1. The van der Waals surface area contributed by atoms with E-state index in [4.69, 9.17) is 0 Å². The van der Waals surface area contributed by atoms with Gasteiger partial charge in [-0.2, -0.15) is 0 Å². The monoisotopic (exact) mass is 255 g/mol. The van der Waals surface area contributed by atoms with Gasteiger partial charge in [-0.25, -0.2) is 13.2 Å². The van der Waals surface area contributed by atoms with Gasteiger partial charge in [-0.05, 0) is 18.2 Å². The summed E-state index contributed by atoms with van der Waals surface area (Å²) in [4.78, 5) is 22.6. The summed E-state index contributed by atoms with van der Waals surface area (Å²) in [7, 11) is -2.38. The zero-order chi connectivity index (χ0) is 12.6. The molecule has 6 nitrogen and oxygen atoms in total. The molecule has 1 amide bonds. The Balaban J connectivity index is 2.64. The summed E-state index contributed by atoms with van der Waals surface area (Å²) < 4.78 is 27.9. The van der Waals surface area contributed by atoms with Crippen LogP contribution in [0.1, 0.15) is 20.7 Å². The summed E-state index contributed by atoms with van der Waals surface area (Å²) >= 11 is 0. The first kappa shape index (κ1) is 11.6. The van der Waals surface area contributed by atoms with E-state index in [9.17, 15) is 18.0 Å². The summed E-state index contributed by atoms with van der Waals surface area (Å²) in [6.07, 6.45) is 0. The topological polar surface area (TPSA) is 89.5 Å². The van der Waals surface area contributed by atoms with Crippen molar-refractivity contribution in [2.75, 3.05) is 13.0 Å². The fourth-order valence-electron chi connectivity index (χ4n) is 1.55. The first-order valence-electron chi connectivity index (χ1n) is 4.69. The van der Waals surface area contributed by atoms with Gasteiger partial charge in [0.15, 0.2) is 9.84 Å². The Morgan fingerprint density at radius 1 is 1.41 bits per heavy atom. The van der Waals surface area contributed by atoms with Gasteiger partial charge >= 0.3 is 5.97 Å². The Morgan fingerprint density at radius 3 is 2.76 bits per heavy atom. The minimum Gasteiger partial charge on any atom is -0.465 e. The van der Waals surface area contributed by atoms with Gasteiger partial charge in [0.2, 0.25) is 0 Å². The van der Waals surface area contributed by atoms with Crippen LogP contribution in [0, 0.1) is 0 Å². The largest absolute Gasteiger partial charge is 0.465 e. The number of carbonyl (C=O) groups excluding carboxylic acids is 2. The highest BCUT2D eigenvalue weighted by molar-refractivity contribution is 7.91. The van der Waals surface area contributed by atoms with Gasteiger partial charge in [-0.3, -0.25) is 4.79 Å². The highest BCUT2D eigenvalue weighted by Crippen LogP contribution is 2.22. The molecule has 1 aliphatic rings. The van der Waals surface area contributed by atoms with Crippen LogP contribution >= 0.6 is 0 Å². The fraction of sp³-hybridized carbons (Fsp3) is 0.200. The number of methoxy groups -OCH3 is 1. The normalized spacial score (nSPS) is 16.9. The fourth-order valence-corrected chi connectivity index (χ4v) is 2.82. The zero-order valence-corrected chi connectivity index (χ0v) is 9.71. The maximum Gasteiger partial charge on any atom is 0.337 e. The quantitative estimate of drug-likeness (QED) is 0.710. The van der Waals surface area contributed by atoms with Crippen molar-refractivity contribution in [3.8, 4) is 0 Å². The lowest BCUT2D eigenvalue weighted by atomic mass is 10.1. The molecule has 1 heterocycles. The Morgan fingerprint density at radius 2 is 2.12 bits per heavy atom. The van der Waals surface area contributed by atoms with Gasteiger partial charge in [-0.1, -0.05) is 0 Å². The average molecular weight is 255 g/mol. The molecule has 0 saturated heterocycles. The van der Waals surface area contributed by atoms with Crippen molar-refractivity contribution in [2.45, 2.75) is 4.90 Å². The van der Waals surface area contributed by atoms with Crippen molar-refractivity contribution in [3.05, 3.63) is 29.3 Å². The van der Waals surface area contributed by atoms with Crippen LogP contribution in [0.3, 0.4) is 0 Å². The molecule has 0 atom stereocenters. The van der Waals surface area contributed by atoms with E-state index in [-0.39, 0.29) is 16.0 Å². The number of carbonyl (C=O) groups is 2. The van der Waals surface area contributed by atoms with Crippen molar-refractivity contribution in [1.29, 1.82) is 0 Å². The van der Waals surface area contributed by atoms with Crippen LogP contribution in [0.2, 0.25) is 0 Å². The van der Waals surface area contributed by atoms with Crippen molar-refractivity contribution in [3.63, 3.8) is 0 Å². The molecule has 1 aromatic rings. The number of rotatable bonds is 1. The molecule has 1 N–H and O–H groups in total. The smallest absolute Gasteiger partial charge is 0.337 e. The predicted octanol–water partition coefficient (Wildman–Crippen LogP) is -0.0522. The van der Waals surface area contributed by atoms with E-state index in [0.717, 1.165) is 6.07 Å². The molecular formula is C10H9NO5S. The van der Waals surface area contributed by atoms with Gasteiger partial charge < -0.3 is 10.1 Å². The van der Waals surface area contributed by atoms with Crippen LogP contribution in [0.4, 0.5) is 0 Å².